The van der Waals surface area contributed by atoms with Crippen LogP contribution in [0.4, 0.5) is 0 Å². The minimum atomic E-state index is 0.227. The van der Waals surface area contributed by atoms with Crippen molar-refractivity contribution in [3.8, 4) is 0 Å². The summed E-state index contributed by atoms with van der Waals surface area (Å²) in [6, 6.07) is 0. The predicted molar refractivity (Wildman–Crippen MR) is 81.6 cm³/mol. The topological polar surface area (TPSA) is 38.3 Å². The number of ether oxygens (including phenoxy) is 1. The summed E-state index contributed by atoms with van der Waals surface area (Å²) < 4.78 is 6.32. The van der Waals surface area contributed by atoms with Crippen LogP contribution in [0.3, 0.4) is 0 Å². The molecule has 2 fully saturated rings. The minimum Gasteiger partial charge on any atom is -0.375 e. The first kappa shape index (κ1) is 15.8. The SMILES string of the molecule is CCCNC(=O)C1CCC(OC2CCCCC2C)CC1. The van der Waals surface area contributed by atoms with Gasteiger partial charge in [0, 0.05) is 12.5 Å². The van der Waals surface area contributed by atoms with Gasteiger partial charge in [-0.1, -0.05) is 26.7 Å². The van der Waals surface area contributed by atoms with Gasteiger partial charge in [0.15, 0.2) is 0 Å². The average molecular weight is 281 g/mol. The van der Waals surface area contributed by atoms with Crippen molar-refractivity contribution >= 4 is 5.91 Å². The lowest BCUT2D eigenvalue weighted by atomic mass is 9.85. The zero-order valence-corrected chi connectivity index (χ0v) is 13.2. The highest BCUT2D eigenvalue weighted by atomic mass is 16.5. The molecule has 0 aromatic heterocycles. The maximum Gasteiger partial charge on any atom is 0.223 e. The van der Waals surface area contributed by atoms with Crippen molar-refractivity contribution in [2.24, 2.45) is 11.8 Å². The first-order valence-electron chi connectivity index (χ1n) is 8.64. The summed E-state index contributed by atoms with van der Waals surface area (Å²) in [6.07, 6.45) is 11.3. The lowest BCUT2D eigenvalue weighted by molar-refractivity contribution is -0.128. The van der Waals surface area contributed by atoms with E-state index < -0.39 is 0 Å². The van der Waals surface area contributed by atoms with E-state index in [1.165, 1.54) is 25.7 Å². The molecule has 0 heterocycles. The molecule has 0 radical (unpaired) electrons. The Morgan fingerprint density at radius 3 is 2.45 bits per heavy atom. The fourth-order valence-corrected chi connectivity index (χ4v) is 3.59. The van der Waals surface area contributed by atoms with E-state index in [9.17, 15) is 4.79 Å². The van der Waals surface area contributed by atoms with Crippen LogP contribution in [0.5, 0.6) is 0 Å². The molecule has 2 atom stereocenters. The fourth-order valence-electron chi connectivity index (χ4n) is 3.59. The third-order valence-electron chi connectivity index (χ3n) is 4.99. The average Bonchev–Trinajstić information content (AvgIpc) is 2.48. The molecule has 116 valence electrons. The zero-order valence-electron chi connectivity index (χ0n) is 13.2. The molecule has 2 saturated carbocycles. The largest absolute Gasteiger partial charge is 0.375 e. The van der Waals surface area contributed by atoms with E-state index >= 15 is 0 Å². The third-order valence-corrected chi connectivity index (χ3v) is 4.99. The molecule has 0 saturated heterocycles. The van der Waals surface area contributed by atoms with Crippen LogP contribution in [-0.2, 0) is 9.53 Å². The number of nitrogens with one attached hydrogen (secondary N) is 1. The Morgan fingerprint density at radius 2 is 1.80 bits per heavy atom. The zero-order chi connectivity index (χ0) is 14.4. The second kappa shape index (κ2) is 8.02. The molecule has 1 amide bonds. The molecule has 2 unspecified atom stereocenters. The Bertz CT molecular complexity index is 297. The van der Waals surface area contributed by atoms with Gasteiger partial charge in [-0.15, -0.1) is 0 Å². The van der Waals surface area contributed by atoms with Crippen molar-refractivity contribution in [3.63, 3.8) is 0 Å². The van der Waals surface area contributed by atoms with Gasteiger partial charge in [0.1, 0.15) is 0 Å². The Morgan fingerprint density at radius 1 is 1.10 bits per heavy atom. The first-order chi connectivity index (χ1) is 9.70. The summed E-state index contributed by atoms with van der Waals surface area (Å²) in [5.74, 6) is 1.20. The van der Waals surface area contributed by atoms with Gasteiger partial charge in [0.25, 0.3) is 0 Å². The van der Waals surface area contributed by atoms with E-state index in [0.29, 0.717) is 18.1 Å². The van der Waals surface area contributed by atoms with Crippen LogP contribution in [0.15, 0.2) is 0 Å². The fraction of sp³-hybridized carbons (Fsp3) is 0.941. The van der Waals surface area contributed by atoms with Crippen molar-refractivity contribution in [1.29, 1.82) is 0 Å². The Kier molecular flexibility index (Phi) is 6.34. The molecule has 1 N–H and O–H groups in total. The third kappa shape index (κ3) is 4.47. The standard InChI is InChI=1S/C17H31NO2/c1-3-12-18-17(19)14-8-10-15(11-9-14)20-16-7-5-4-6-13(16)2/h13-16H,3-12H2,1-2H3,(H,18,19). The van der Waals surface area contributed by atoms with Gasteiger partial charge in [-0.25, -0.2) is 0 Å². The minimum absolute atomic E-state index is 0.227. The van der Waals surface area contributed by atoms with Crippen molar-refractivity contribution in [1.82, 2.24) is 5.32 Å². The highest BCUT2D eigenvalue weighted by molar-refractivity contribution is 5.78. The molecular formula is C17H31NO2. The summed E-state index contributed by atoms with van der Waals surface area (Å²) in [5.41, 5.74) is 0. The molecule has 0 spiro atoms. The Labute approximate surface area is 123 Å². The molecule has 0 bridgehead atoms. The van der Waals surface area contributed by atoms with E-state index in [1.807, 2.05) is 0 Å². The highest BCUT2D eigenvalue weighted by Crippen LogP contribution is 2.32. The van der Waals surface area contributed by atoms with Crippen molar-refractivity contribution < 1.29 is 9.53 Å². The molecule has 2 aliphatic rings. The smallest absolute Gasteiger partial charge is 0.223 e. The quantitative estimate of drug-likeness (QED) is 0.835. The van der Waals surface area contributed by atoms with E-state index in [2.05, 4.69) is 19.2 Å². The van der Waals surface area contributed by atoms with E-state index in [-0.39, 0.29) is 11.8 Å². The number of carbonyl (C=O) groups excluding carboxylic acids is 1. The monoisotopic (exact) mass is 281 g/mol. The van der Waals surface area contributed by atoms with Crippen LogP contribution in [-0.4, -0.2) is 24.7 Å². The summed E-state index contributed by atoms with van der Waals surface area (Å²) in [6.45, 7) is 5.23. The molecule has 0 aliphatic heterocycles. The van der Waals surface area contributed by atoms with E-state index in [0.717, 1.165) is 38.6 Å². The second-order valence-electron chi connectivity index (χ2n) is 6.70. The van der Waals surface area contributed by atoms with Crippen LogP contribution in [0.25, 0.3) is 0 Å². The van der Waals surface area contributed by atoms with Gasteiger partial charge in [-0.05, 0) is 50.9 Å². The van der Waals surface area contributed by atoms with Gasteiger partial charge in [-0.2, -0.15) is 0 Å². The van der Waals surface area contributed by atoms with Crippen LogP contribution >= 0.6 is 0 Å². The van der Waals surface area contributed by atoms with E-state index in [4.69, 9.17) is 4.74 Å². The first-order valence-corrected chi connectivity index (χ1v) is 8.64. The highest BCUT2D eigenvalue weighted by Gasteiger charge is 2.30. The summed E-state index contributed by atoms with van der Waals surface area (Å²) in [4.78, 5) is 12.0. The number of hydrogen-bond acceptors (Lipinski definition) is 2. The van der Waals surface area contributed by atoms with Crippen LogP contribution < -0.4 is 5.32 Å². The number of carbonyl (C=O) groups is 1. The summed E-state index contributed by atoms with van der Waals surface area (Å²) in [5, 5.41) is 3.03. The van der Waals surface area contributed by atoms with Gasteiger partial charge >= 0.3 is 0 Å². The molecule has 3 heteroatoms. The molecule has 20 heavy (non-hydrogen) atoms. The maximum atomic E-state index is 12.0. The lowest BCUT2D eigenvalue weighted by Gasteiger charge is -2.35. The normalized spacial score (nSPS) is 34.7. The number of hydrogen-bond donors (Lipinski definition) is 1. The second-order valence-corrected chi connectivity index (χ2v) is 6.70. The molecular weight excluding hydrogens is 250 g/mol. The van der Waals surface area contributed by atoms with Gasteiger partial charge in [0.2, 0.25) is 5.91 Å². The summed E-state index contributed by atoms with van der Waals surface area (Å²) >= 11 is 0. The maximum absolute atomic E-state index is 12.0. The van der Waals surface area contributed by atoms with Crippen molar-refractivity contribution in [3.05, 3.63) is 0 Å². The predicted octanol–water partition coefficient (Wildman–Crippen LogP) is 3.67. The molecule has 0 aromatic carbocycles. The van der Waals surface area contributed by atoms with Crippen molar-refractivity contribution in [2.45, 2.75) is 83.8 Å². The van der Waals surface area contributed by atoms with Crippen molar-refractivity contribution in [2.75, 3.05) is 6.54 Å². The Hall–Kier alpha value is -0.570. The molecule has 2 rings (SSSR count). The Balaban J connectivity index is 1.69. The summed E-state index contributed by atoms with van der Waals surface area (Å²) in [7, 11) is 0. The molecule has 3 nitrogen and oxygen atoms in total. The van der Waals surface area contributed by atoms with Crippen LogP contribution in [0.2, 0.25) is 0 Å². The molecule has 2 aliphatic carbocycles. The van der Waals surface area contributed by atoms with Crippen LogP contribution in [0.1, 0.15) is 71.6 Å². The molecule has 0 aromatic rings. The van der Waals surface area contributed by atoms with E-state index in [1.54, 1.807) is 0 Å². The number of amides is 1. The lowest BCUT2D eigenvalue weighted by Crippen LogP contribution is -2.37. The van der Waals surface area contributed by atoms with Gasteiger partial charge < -0.3 is 10.1 Å². The van der Waals surface area contributed by atoms with Gasteiger partial charge in [-0.3, -0.25) is 4.79 Å². The van der Waals surface area contributed by atoms with Crippen LogP contribution in [0, 0.1) is 11.8 Å². The van der Waals surface area contributed by atoms with Gasteiger partial charge in [0.05, 0.1) is 12.2 Å². The number of rotatable bonds is 5.